The molecule has 0 fully saturated rings. The van der Waals surface area contributed by atoms with Gasteiger partial charge in [0.25, 0.3) is 5.91 Å². The molecule has 1 aliphatic rings. The maximum absolute atomic E-state index is 13.6. The molecular weight excluding hydrogens is 402 g/mol. The molecule has 1 atom stereocenters. The van der Waals surface area contributed by atoms with Crippen LogP contribution in [0.25, 0.3) is 11.0 Å². The highest BCUT2D eigenvalue weighted by Crippen LogP contribution is 2.35. The van der Waals surface area contributed by atoms with Gasteiger partial charge in [-0.2, -0.15) is 10.2 Å². The second-order valence-corrected chi connectivity index (χ2v) is 7.65. The molecule has 0 saturated heterocycles. The summed E-state index contributed by atoms with van der Waals surface area (Å²) in [4.78, 5) is 23.2. The van der Waals surface area contributed by atoms with Gasteiger partial charge in [0.05, 0.1) is 40.5 Å². The molecule has 8 nitrogen and oxygen atoms in total. The Balaban J connectivity index is 1.50. The third kappa shape index (κ3) is 2.47. The minimum Gasteiger partial charge on any atom is -0.348 e. The van der Waals surface area contributed by atoms with Crippen LogP contribution >= 0.6 is 11.6 Å². The second kappa shape index (κ2) is 6.43. The lowest BCUT2D eigenvalue weighted by atomic mass is 9.98. The average Bonchev–Trinajstić information content (AvgIpc) is 3.50. The lowest BCUT2D eigenvalue weighted by Crippen LogP contribution is -2.41. The Hall–Kier alpha value is -3.65. The zero-order chi connectivity index (χ0) is 20.2. The van der Waals surface area contributed by atoms with E-state index < -0.39 is 6.04 Å². The van der Waals surface area contributed by atoms with Crippen molar-refractivity contribution in [1.29, 1.82) is 0 Å². The number of aromatic amines is 1. The standard InChI is InChI=1S/C21H16ClN7O/c22-18-6-3-4-13-10-16(26-29(13)18)20-19-15(23-12-24-19)7-9-27(20)21(30)14-11-25-28-8-2-1-5-17(14)28/h1-6,8,10-12,20H,7,9H2,(H,23,24)/t20-/m0/s1. The summed E-state index contributed by atoms with van der Waals surface area (Å²) in [7, 11) is 0. The van der Waals surface area contributed by atoms with E-state index in [1.54, 1.807) is 27.6 Å². The number of nitrogens with zero attached hydrogens (tertiary/aromatic N) is 6. The smallest absolute Gasteiger partial charge is 0.258 e. The molecule has 0 unspecified atom stereocenters. The van der Waals surface area contributed by atoms with Crippen molar-refractivity contribution in [3.8, 4) is 0 Å². The van der Waals surface area contributed by atoms with Crippen molar-refractivity contribution in [1.82, 2.24) is 34.1 Å². The number of H-pyrrole nitrogens is 1. The molecule has 0 bridgehead atoms. The fraction of sp³-hybridized carbons (Fsp3) is 0.143. The number of imidazole rings is 1. The van der Waals surface area contributed by atoms with Gasteiger partial charge in [0, 0.05) is 24.9 Å². The topological polar surface area (TPSA) is 83.6 Å². The van der Waals surface area contributed by atoms with E-state index in [2.05, 4.69) is 15.1 Å². The Morgan fingerprint density at radius 2 is 2.13 bits per heavy atom. The average molecular weight is 418 g/mol. The highest BCUT2D eigenvalue weighted by atomic mass is 35.5. The number of hydrogen-bond donors (Lipinski definition) is 1. The number of fused-ring (bicyclic) bond motifs is 3. The highest BCUT2D eigenvalue weighted by molar-refractivity contribution is 6.29. The van der Waals surface area contributed by atoms with Crippen LogP contribution in [0.2, 0.25) is 5.15 Å². The normalized spacial score (nSPS) is 16.3. The van der Waals surface area contributed by atoms with E-state index in [4.69, 9.17) is 16.7 Å². The number of amides is 1. The van der Waals surface area contributed by atoms with Crippen LogP contribution in [0.15, 0.2) is 61.2 Å². The van der Waals surface area contributed by atoms with Gasteiger partial charge in [-0.3, -0.25) is 4.79 Å². The Kier molecular flexibility index (Phi) is 3.69. The molecule has 0 saturated carbocycles. The van der Waals surface area contributed by atoms with Gasteiger partial charge in [-0.05, 0) is 30.3 Å². The van der Waals surface area contributed by atoms with E-state index in [1.807, 2.05) is 47.5 Å². The lowest BCUT2D eigenvalue weighted by Gasteiger charge is -2.33. The molecule has 0 spiro atoms. The summed E-state index contributed by atoms with van der Waals surface area (Å²) < 4.78 is 3.38. The van der Waals surface area contributed by atoms with E-state index in [0.29, 0.717) is 23.7 Å². The van der Waals surface area contributed by atoms with Crippen LogP contribution < -0.4 is 0 Å². The fourth-order valence-electron chi connectivity index (χ4n) is 4.18. The minimum absolute atomic E-state index is 0.0991. The number of aromatic nitrogens is 6. The van der Waals surface area contributed by atoms with E-state index in [-0.39, 0.29) is 5.91 Å². The zero-order valence-corrected chi connectivity index (χ0v) is 16.5. The minimum atomic E-state index is -0.415. The number of hydrogen-bond acceptors (Lipinski definition) is 4. The molecule has 5 aromatic rings. The molecule has 1 aliphatic heterocycles. The monoisotopic (exact) mass is 417 g/mol. The van der Waals surface area contributed by atoms with Gasteiger partial charge in [-0.15, -0.1) is 0 Å². The molecule has 148 valence electrons. The lowest BCUT2D eigenvalue weighted by molar-refractivity contribution is 0.0689. The maximum atomic E-state index is 13.6. The SMILES string of the molecule is O=C(c1cnn2ccccc12)N1CCc2[nH]cnc2[C@@H]1c1cc2cccc(Cl)n2n1. The van der Waals surface area contributed by atoms with Crippen molar-refractivity contribution in [2.45, 2.75) is 12.5 Å². The van der Waals surface area contributed by atoms with Crippen LogP contribution in [0.4, 0.5) is 0 Å². The van der Waals surface area contributed by atoms with Crippen molar-refractivity contribution in [3.63, 3.8) is 0 Å². The molecule has 9 heteroatoms. The van der Waals surface area contributed by atoms with Crippen LogP contribution in [0.3, 0.4) is 0 Å². The van der Waals surface area contributed by atoms with Crippen molar-refractivity contribution >= 4 is 28.5 Å². The number of halogens is 1. The van der Waals surface area contributed by atoms with Gasteiger partial charge in [-0.1, -0.05) is 23.7 Å². The summed E-state index contributed by atoms with van der Waals surface area (Å²) in [5.41, 5.74) is 4.75. The van der Waals surface area contributed by atoms with Gasteiger partial charge < -0.3 is 9.88 Å². The molecule has 0 aliphatic carbocycles. The molecular formula is C21H16ClN7O. The molecule has 0 radical (unpaired) electrons. The molecule has 1 amide bonds. The Bertz CT molecular complexity index is 1420. The van der Waals surface area contributed by atoms with Gasteiger partial charge in [0.2, 0.25) is 0 Å². The zero-order valence-electron chi connectivity index (χ0n) is 15.7. The van der Waals surface area contributed by atoms with Crippen LogP contribution in [0.1, 0.15) is 33.5 Å². The quantitative estimate of drug-likeness (QED) is 0.447. The summed E-state index contributed by atoms with van der Waals surface area (Å²) in [6, 6.07) is 12.8. The first-order valence-corrected chi connectivity index (χ1v) is 9.98. The molecule has 30 heavy (non-hydrogen) atoms. The van der Waals surface area contributed by atoms with Gasteiger partial charge in [0.15, 0.2) is 0 Å². The van der Waals surface area contributed by atoms with Crippen LogP contribution in [-0.4, -0.2) is 46.5 Å². The molecule has 6 rings (SSSR count). The Morgan fingerprint density at radius 1 is 1.20 bits per heavy atom. The molecule has 1 N–H and O–H groups in total. The van der Waals surface area contributed by atoms with E-state index >= 15 is 0 Å². The number of nitrogens with one attached hydrogen (secondary N) is 1. The third-order valence-corrected chi connectivity index (χ3v) is 5.87. The van der Waals surface area contributed by atoms with Gasteiger partial charge in [0.1, 0.15) is 11.2 Å². The van der Waals surface area contributed by atoms with Crippen LogP contribution in [0, 0.1) is 0 Å². The Morgan fingerprint density at radius 3 is 3.03 bits per heavy atom. The van der Waals surface area contributed by atoms with E-state index in [1.165, 1.54) is 0 Å². The summed E-state index contributed by atoms with van der Waals surface area (Å²) in [5.74, 6) is -0.0991. The Labute approximate surface area is 175 Å². The molecule has 6 heterocycles. The summed E-state index contributed by atoms with van der Waals surface area (Å²) >= 11 is 6.32. The first kappa shape index (κ1) is 17.2. The molecule has 0 aromatic carbocycles. The largest absolute Gasteiger partial charge is 0.348 e. The van der Waals surface area contributed by atoms with Crippen molar-refractivity contribution < 1.29 is 4.79 Å². The van der Waals surface area contributed by atoms with Gasteiger partial charge >= 0.3 is 0 Å². The number of carbonyl (C=O) groups is 1. The highest BCUT2D eigenvalue weighted by Gasteiger charge is 2.37. The first-order chi connectivity index (χ1) is 14.7. The summed E-state index contributed by atoms with van der Waals surface area (Å²) in [6.45, 7) is 0.546. The van der Waals surface area contributed by atoms with Gasteiger partial charge in [-0.25, -0.2) is 14.0 Å². The third-order valence-electron chi connectivity index (χ3n) is 5.58. The van der Waals surface area contributed by atoms with Crippen molar-refractivity contribution in [2.24, 2.45) is 0 Å². The summed E-state index contributed by atoms with van der Waals surface area (Å²) in [6.07, 6.45) is 5.82. The molecule has 5 aromatic heterocycles. The summed E-state index contributed by atoms with van der Waals surface area (Å²) in [5, 5.41) is 9.54. The van der Waals surface area contributed by atoms with Crippen LogP contribution in [-0.2, 0) is 6.42 Å². The van der Waals surface area contributed by atoms with E-state index in [9.17, 15) is 4.79 Å². The van der Waals surface area contributed by atoms with Crippen LogP contribution in [0.5, 0.6) is 0 Å². The fourth-order valence-corrected chi connectivity index (χ4v) is 4.39. The van der Waals surface area contributed by atoms with Crippen molar-refractivity contribution in [2.75, 3.05) is 6.54 Å². The van der Waals surface area contributed by atoms with Crippen molar-refractivity contribution in [3.05, 3.63) is 89.0 Å². The van der Waals surface area contributed by atoms with E-state index in [0.717, 1.165) is 28.1 Å². The number of carbonyl (C=O) groups excluding carboxylic acids is 1. The predicted molar refractivity (Wildman–Crippen MR) is 111 cm³/mol. The maximum Gasteiger partial charge on any atom is 0.258 e. The number of rotatable bonds is 2. The second-order valence-electron chi connectivity index (χ2n) is 7.26. The predicted octanol–water partition coefficient (Wildman–Crippen LogP) is 3.15. The first-order valence-electron chi connectivity index (χ1n) is 9.60. The number of pyridine rings is 2.